The van der Waals surface area contributed by atoms with E-state index in [4.69, 9.17) is 4.74 Å². The molecule has 0 fully saturated rings. The van der Waals surface area contributed by atoms with Gasteiger partial charge in [-0.3, -0.25) is 19.7 Å². The smallest absolute Gasteiger partial charge is 0.324 e. The Bertz CT molecular complexity index is 1070. The number of nitro benzene ring substituents is 1. The zero-order valence-electron chi connectivity index (χ0n) is 16.7. The quantitative estimate of drug-likeness (QED) is 0.182. The summed E-state index contributed by atoms with van der Waals surface area (Å²) in [6, 6.07) is 21.9. The van der Waals surface area contributed by atoms with E-state index in [2.05, 4.69) is 5.32 Å². The van der Waals surface area contributed by atoms with Gasteiger partial charge in [-0.2, -0.15) is 0 Å². The first kappa shape index (κ1) is 22.0. The molecule has 0 heterocycles. The fourth-order valence-corrected chi connectivity index (χ4v) is 3.52. The van der Waals surface area contributed by atoms with Crippen molar-refractivity contribution < 1.29 is 19.2 Å². The van der Waals surface area contributed by atoms with Crippen molar-refractivity contribution in [2.24, 2.45) is 0 Å². The molecule has 0 spiro atoms. The van der Waals surface area contributed by atoms with Crippen molar-refractivity contribution in [3.05, 3.63) is 100 Å². The highest BCUT2D eigenvalue weighted by molar-refractivity contribution is 8.00. The first-order valence-electron chi connectivity index (χ1n) is 9.47. The number of thioether (sulfide) groups is 1. The highest BCUT2D eigenvalue weighted by atomic mass is 32.2. The summed E-state index contributed by atoms with van der Waals surface area (Å²) in [6.45, 7) is 2.08. The number of nitro groups is 1. The predicted octanol–water partition coefficient (Wildman–Crippen LogP) is 4.61. The fourth-order valence-electron chi connectivity index (χ4n) is 2.68. The van der Waals surface area contributed by atoms with Crippen LogP contribution < -0.4 is 10.1 Å². The molecule has 0 aliphatic carbocycles. The molecule has 1 atom stereocenters. The number of ether oxygens (including phenoxy) is 1. The van der Waals surface area contributed by atoms with Crippen molar-refractivity contribution in [1.82, 2.24) is 5.32 Å². The second kappa shape index (κ2) is 10.4. The van der Waals surface area contributed by atoms with E-state index in [1.165, 1.54) is 30.0 Å². The first-order valence-corrected chi connectivity index (χ1v) is 10.4. The lowest BCUT2D eigenvalue weighted by Gasteiger charge is -2.12. The Kier molecular flexibility index (Phi) is 7.40. The summed E-state index contributed by atoms with van der Waals surface area (Å²) in [7, 11) is 0. The minimum Gasteiger partial charge on any atom is -0.426 e. The highest BCUT2D eigenvalue weighted by Gasteiger charge is 2.18. The van der Waals surface area contributed by atoms with Gasteiger partial charge in [0.25, 0.3) is 11.6 Å². The van der Waals surface area contributed by atoms with Crippen LogP contribution >= 0.6 is 11.8 Å². The number of amides is 1. The Morgan fingerprint density at radius 3 is 2.42 bits per heavy atom. The number of nitrogens with zero attached hydrogens (tertiary/aromatic N) is 1. The van der Waals surface area contributed by atoms with Gasteiger partial charge in [-0.15, -0.1) is 11.8 Å². The first-order chi connectivity index (χ1) is 14.9. The van der Waals surface area contributed by atoms with E-state index >= 15 is 0 Å². The van der Waals surface area contributed by atoms with E-state index in [1.54, 1.807) is 37.3 Å². The Labute approximate surface area is 183 Å². The van der Waals surface area contributed by atoms with Gasteiger partial charge in [-0.1, -0.05) is 36.4 Å². The summed E-state index contributed by atoms with van der Waals surface area (Å²) in [5, 5.41) is 13.0. The van der Waals surface area contributed by atoms with Crippen LogP contribution in [0.25, 0.3) is 0 Å². The molecule has 1 N–H and O–H groups in total. The van der Waals surface area contributed by atoms with Crippen molar-refractivity contribution in [1.29, 1.82) is 0 Å². The SMILES string of the molecule is CC(Sc1ccc([N+](=O)[O-])cc1)C(=O)Oc1cccc(C(=O)NCc2ccccc2)c1. The van der Waals surface area contributed by atoms with Crippen LogP contribution in [0.5, 0.6) is 5.75 Å². The van der Waals surface area contributed by atoms with Crippen molar-refractivity contribution in [3.63, 3.8) is 0 Å². The molecule has 7 nitrogen and oxygen atoms in total. The second-order valence-electron chi connectivity index (χ2n) is 6.63. The molecule has 158 valence electrons. The molecule has 0 saturated heterocycles. The molecule has 8 heteroatoms. The number of nitrogens with one attached hydrogen (secondary N) is 1. The summed E-state index contributed by atoms with van der Waals surface area (Å²) < 4.78 is 5.42. The van der Waals surface area contributed by atoms with Gasteiger partial charge in [-0.25, -0.2) is 0 Å². The minimum atomic E-state index is -0.544. The minimum absolute atomic E-state index is 0.0121. The molecule has 31 heavy (non-hydrogen) atoms. The molecule has 0 saturated carbocycles. The molecule has 0 radical (unpaired) electrons. The van der Waals surface area contributed by atoms with Gasteiger partial charge in [0.2, 0.25) is 0 Å². The van der Waals surface area contributed by atoms with Gasteiger partial charge in [0.1, 0.15) is 11.0 Å². The number of hydrogen-bond acceptors (Lipinski definition) is 6. The number of non-ortho nitro benzene ring substituents is 1. The van der Waals surface area contributed by atoms with Crippen LogP contribution in [0.2, 0.25) is 0 Å². The maximum absolute atomic E-state index is 12.4. The van der Waals surface area contributed by atoms with Crippen molar-refractivity contribution >= 4 is 29.3 Å². The van der Waals surface area contributed by atoms with E-state index in [0.717, 1.165) is 5.56 Å². The number of carbonyl (C=O) groups is 2. The lowest BCUT2D eigenvalue weighted by molar-refractivity contribution is -0.384. The molecule has 0 aliphatic heterocycles. The summed E-state index contributed by atoms with van der Waals surface area (Å²) in [5.74, 6) is -0.478. The summed E-state index contributed by atoms with van der Waals surface area (Å²) in [6.07, 6.45) is 0. The Morgan fingerprint density at radius 2 is 1.74 bits per heavy atom. The van der Waals surface area contributed by atoms with Gasteiger partial charge in [0.05, 0.1) is 4.92 Å². The van der Waals surface area contributed by atoms with Crippen molar-refractivity contribution in [2.75, 3.05) is 0 Å². The maximum atomic E-state index is 12.4. The van der Waals surface area contributed by atoms with Crippen LogP contribution in [0.1, 0.15) is 22.8 Å². The Morgan fingerprint density at radius 1 is 1.03 bits per heavy atom. The van der Waals surface area contributed by atoms with E-state index in [-0.39, 0.29) is 17.3 Å². The molecule has 3 rings (SSSR count). The van der Waals surface area contributed by atoms with Gasteiger partial charge in [-0.05, 0) is 42.8 Å². The van der Waals surface area contributed by atoms with E-state index in [9.17, 15) is 19.7 Å². The third-order valence-electron chi connectivity index (χ3n) is 4.30. The molecule has 1 unspecified atom stereocenters. The van der Waals surface area contributed by atoms with Crippen LogP contribution in [0.4, 0.5) is 5.69 Å². The average Bonchev–Trinajstić information content (AvgIpc) is 2.78. The van der Waals surface area contributed by atoms with Gasteiger partial charge in [0, 0.05) is 29.1 Å². The number of carbonyl (C=O) groups excluding carboxylic acids is 2. The number of hydrogen-bond donors (Lipinski definition) is 1. The van der Waals surface area contributed by atoms with Crippen molar-refractivity contribution in [3.8, 4) is 5.75 Å². The van der Waals surface area contributed by atoms with Gasteiger partial charge in [0.15, 0.2) is 0 Å². The third kappa shape index (κ3) is 6.42. The molecule has 0 aliphatic rings. The van der Waals surface area contributed by atoms with E-state index in [0.29, 0.717) is 17.0 Å². The molecule has 1 amide bonds. The van der Waals surface area contributed by atoms with E-state index < -0.39 is 16.1 Å². The second-order valence-corrected chi connectivity index (χ2v) is 8.04. The standard InChI is InChI=1S/C23H20N2O5S/c1-16(31-21-12-10-19(11-13-21)25(28)29)23(27)30-20-9-5-8-18(14-20)22(26)24-15-17-6-3-2-4-7-17/h2-14,16H,15H2,1H3,(H,24,26). The number of rotatable bonds is 8. The molecular weight excluding hydrogens is 416 g/mol. The Balaban J connectivity index is 1.57. The highest BCUT2D eigenvalue weighted by Crippen LogP contribution is 2.26. The van der Waals surface area contributed by atoms with Crippen LogP contribution in [0.15, 0.2) is 83.8 Å². The zero-order chi connectivity index (χ0) is 22.2. The largest absolute Gasteiger partial charge is 0.426 e. The zero-order valence-corrected chi connectivity index (χ0v) is 17.5. The van der Waals surface area contributed by atoms with Crippen LogP contribution in [0, 0.1) is 10.1 Å². The number of esters is 1. The Hall–Kier alpha value is -3.65. The summed E-state index contributed by atoms with van der Waals surface area (Å²) in [5.41, 5.74) is 1.36. The van der Waals surface area contributed by atoms with Gasteiger partial charge < -0.3 is 10.1 Å². The lowest BCUT2D eigenvalue weighted by Crippen LogP contribution is -2.23. The monoisotopic (exact) mass is 436 g/mol. The predicted molar refractivity (Wildman–Crippen MR) is 118 cm³/mol. The lowest BCUT2D eigenvalue weighted by atomic mass is 10.2. The number of benzene rings is 3. The van der Waals surface area contributed by atoms with Crippen molar-refractivity contribution in [2.45, 2.75) is 23.6 Å². The maximum Gasteiger partial charge on any atom is 0.324 e. The average molecular weight is 436 g/mol. The molecule has 0 bridgehead atoms. The normalized spacial score (nSPS) is 11.4. The van der Waals surface area contributed by atoms with Crippen LogP contribution in [0.3, 0.4) is 0 Å². The summed E-state index contributed by atoms with van der Waals surface area (Å²) >= 11 is 1.23. The van der Waals surface area contributed by atoms with Crippen LogP contribution in [-0.4, -0.2) is 22.0 Å². The summed E-state index contributed by atoms with van der Waals surface area (Å²) in [4.78, 5) is 35.8. The molecule has 0 aromatic heterocycles. The van der Waals surface area contributed by atoms with Gasteiger partial charge >= 0.3 is 5.97 Å². The third-order valence-corrected chi connectivity index (χ3v) is 5.39. The molecular formula is C23H20N2O5S. The molecule has 3 aromatic rings. The molecule has 3 aromatic carbocycles. The fraction of sp³-hybridized carbons (Fsp3) is 0.130. The topological polar surface area (TPSA) is 98.5 Å². The van der Waals surface area contributed by atoms with E-state index in [1.807, 2.05) is 30.3 Å². The van der Waals surface area contributed by atoms with Crippen LogP contribution in [-0.2, 0) is 11.3 Å².